The number of hydrogen-bond donors (Lipinski definition) is 1. The molecule has 1 saturated heterocycles. The molecule has 0 aromatic heterocycles. The SMILES string of the molecule is C#CCCCCN1CC(=O)NC2(CCCCC2)C1=O. The molecule has 2 amide bonds. The smallest absolute Gasteiger partial charge is 0.248 e. The second kappa shape index (κ2) is 6.10. The van der Waals surface area contributed by atoms with Crippen molar-refractivity contribution < 1.29 is 9.59 Å². The van der Waals surface area contributed by atoms with Crippen LogP contribution in [0.3, 0.4) is 0 Å². The molecule has 1 spiro atoms. The van der Waals surface area contributed by atoms with E-state index in [9.17, 15) is 9.59 Å². The van der Waals surface area contributed by atoms with Gasteiger partial charge < -0.3 is 10.2 Å². The number of unbranched alkanes of at least 4 members (excludes halogenated alkanes) is 2. The van der Waals surface area contributed by atoms with Crippen molar-refractivity contribution in [3.8, 4) is 12.3 Å². The third-order valence-corrected chi connectivity index (χ3v) is 4.12. The highest BCUT2D eigenvalue weighted by Gasteiger charge is 2.46. The Bertz CT molecular complexity index is 391. The molecule has 1 saturated carbocycles. The molecule has 4 heteroatoms. The summed E-state index contributed by atoms with van der Waals surface area (Å²) in [6.45, 7) is 0.853. The lowest BCUT2D eigenvalue weighted by atomic mass is 9.79. The summed E-state index contributed by atoms with van der Waals surface area (Å²) >= 11 is 0. The van der Waals surface area contributed by atoms with E-state index in [4.69, 9.17) is 6.42 Å². The van der Waals surface area contributed by atoms with E-state index in [1.165, 1.54) is 0 Å². The fourth-order valence-corrected chi connectivity index (χ4v) is 3.11. The number of amides is 2. The van der Waals surface area contributed by atoms with Crippen LogP contribution in [0.5, 0.6) is 0 Å². The molecule has 2 rings (SSSR count). The minimum absolute atomic E-state index is 0.0153. The average molecular weight is 262 g/mol. The molecule has 2 aliphatic rings. The van der Waals surface area contributed by atoms with Gasteiger partial charge in [0.15, 0.2) is 0 Å². The van der Waals surface area contributed by atoms with Crippen LogP contribution >= 0.6 is 0 Å². The summed E-state index contributed by atoms with van der Waals surface area (Å²) in [4.78, 5) is 26.1. The Morgan fingerprint density at radius 2 is 1.95 bits per heavy atom. The lowest BCUT2D eigenvalue weighted by Crippen LogP contribution is -2.67. The standard InChI is InChI=1S/C15H22N2O2/c1-2-3-4-8-11-17-12-13(18)16-15(14(17)19)9-6-5-7-10-15/h1H,3-12H2,(H,16,18). The lowest BCUT2D eigenvalue weighted by molar-refractivity contribution is -0.151. The summed E-state index contributed by atoms with van der Waals surface area (Å²) < 4.78 is 0. The van der Waals surface area contributed by atoms with Crippen LogP contribution < -0.4 is 5.32 Å². The summed E-state index contributed by atoms with van der Waals surface area (Å²) in [7, 11) is 0. The number of rotatable bonds is 4. The van der Waals surface area contributed by atoms with Gasteiger partial charge in [-0.15, -0.1) is 12.3 Å². The Hall–Kier alpha value is -1.50. The summed E-state index contributed by atoms with van der Waals surface area (Å²) in [5, 5.41) is 2.95. The molecule has 0 unspecified atom stereocenters. The normalized spacial score (nSPS) is 22.2. The number of carbonyl (C=O) groups is 2. The Labute approximate surface area is 114 Å². The number of nitrogens with one attached hydrogen (secondary N) is 1. The maximum absolute atomic E-state index is 12.6. The molecule has 0 aromatic carbocycles. The van der Waals surface area contributed by atoms with Crippen molar-refractivity contribution in [1.29, 1.82) is 0 Å². The molecule has 1 aliphatic heterocycles. The zero-order valence-corrected chi connectivity index (χ0v) is 11.4. The second-order valence-corrected chi connectivity index (χ2v) is 5.58. The van der Waals surface area contributed by atoms with Crippen LogP contribution in [0.1, 0.15) is 51.4 Å². The first kappa shape index (κ1) is 13.9. The van der Waals surface area contributed by atoms with E-state index in [0.29, 0.717) is 6.54 Å². The van der Waals surface area contributed by atoms with Crippen LogP contribution in [0.2, 0.25) is 0 Å². The third-order valence-electron chi connectivity index (χ3n) is 4.12. The van der Waals surface area contributed by atoms with E-state index >= 15 is 0 Å². The number of hydrogen-bond acceptors (Lipinski definition) is 2. The van der Waals surface area contributed by atoms with Crippen molar-refractivity contribution in [2.24, 2.45) is 0 Å². The summed E-state index contributed by atoms with van der Waals surface area (Å²) in [5.74, 6) is 2.70. The summed E-state index contributed by atoms with van der Waals surface area (Å²) in [6, 6.07) is 0. The largest absolute Gasteiger partial charge is 0.340 e. The van der Waals surface area contributed by atoms with Gasteiger partial charge in [0.1, 0.15) is 5.54 Å². The van der Waals surface area contributed by atoms with E-state index in [2.05, 4.69) is 11.2 Å². The van der Waals surface area contributed by atoms with Gasteiger partial charge in [-0.1, -0.05) is 19.3 Å². The molecule has 0 aromatic rings. The molecule has 4 nitrogen and oxygen atoms in total. The fraction of sp³-hybridized carbons (Fsp3) is 0.733. The van der Waals surface area contributed by atoms with E-state index in [-0.39, 0.29) is 18.4 Å². The predicted octanol–water partition coefficient (Wildman–Crippen LogP) is 1.45. The van der Waals surface area contributed by atoms with Gasteiger partial charge >= 0.3 is 0 Å². The number of carbonyl (C=O) groups excluding carboxylic acids is 2. The molecule has 1 aliphatic carbocycles. The zero-order valence-electron chi connectivity index (χ0n) is 11.4. The molecule has 19 heavy (non-hydrogen) atoms. The maximum atomic E-state index is 12.6. The van der Waals surface area contributed by atoms with Gasteiger partial charge in [0.25, 0.3) is 0 Å². The van der Waals surface area contributed by atoms with Crippen LogP contribution in [-0.4, -0.2) is 35.3 Å². The highest BCUT2D eigenvalue weighted by Crippen LogP contribution is 2.31. The molecular weight excluding hydrogens is 240 g/mol. The van der Waals surface area contributed by atoms with E-state index in [1.54, 1.807) is 4.90 Å². The minimum Gasteiger partial charge on any atom is -0.340 e. The predicted molar refractivity (Wildman–Crippen MR) is 73.2 cm³/mol. The average Bonchev–Trinajstić information content (AvgIpc) is 2.41. The Morgan fingerprint density at radius 3 is 2.63 bits per heavy atom. The number of terminal acetylenes is 1. The van der Waals surface area contributed by atoms with Gasteiger partial charge in [-0.3, -0.25) is 9.59 Å². The minimum atomic E-state index is -0.598. The van der Waals surface area contributed by atoms with Crippen LogP contribution in [0.25, 0.3) is 0 Å². The van der Waals surface area contributed by atoms with Gasteiger partial charge in [0, 0.05) is 13.0 Å². The Morgan fingerprint density at radius 1 is 1.21 bits per heavy atom. The van der Waals surface area contributed by atoms with E-state index in [1.807, 2.05) is 0 Å². The van der Waals surface area contributed by atoms with Crippen molar-refractivity contribution in [3.05, 3.63) is 0 Å². The van der Waals surface area contributed by atoms with Crippen molar-refractivity contribution in [2.45, 2.75) is 56.9 Å². The molecular formula is C15H22N2O2. The maximum Gasteiger partial charge on any atom is 0.248 e. The molecule has 1 heterocycles. The van der Waals surface area contributed by atoms with Gasteiger partial charge in [-0.25, -0.2) is 0 Å². The second-order valence-electron chi connectivity index (χ2n) is 5.58. The topological polar surface area (TPSA) is 49.4 Å². The van der Waals surface area contributed by atoms with Gasteiger partial charge in [-0.05, 0) is 25.7 Å². The van der Waals surface area contributed by atoms with Crippen LogP contribution in [-0.2, 0) is 9.59 Å². The first-order chi connectivity index (χ1) is 9.18. The molecule has 1 N–H and O–H groups in total. The van der Waals surface area contributed by atoms with Crippen LogP contribution in [0.4, 0.5) is 0 Å². The third kappa shape index (κ3) is 3.09. The van der Waals surface area contributed by atoms with Crippen molar-refractivity contribution >= 4 is 11.8 Å². The first-order valence-electron chi connectivity index (χ1n) is 7.22. The monoisotopic (exact) mass is 262 g/mol. The van der Waals surface area contributed by atoms with E-state index < -0.39 is 5.54 Å². The highest BCUT2D eigenvalue weighted by molar-refractivity contribution is 5.98. The van der Waals surface area contributed by atoms with Crippen molar-refractivity contribution in [3.63, 3.8) is 0 Å². The summed E-state index contributed by atoms with van der Waals surface area (Å²) in [6.07, 6.45) is 12.5. The molecule has 0 bridgehead atoms. The van der Waals surface area contributed by atoms with Gasteiger partial charge in [0.05, 0.1) is 6.54 Å². The lowest BCUT2D eigenvalue weighted by Gasteiger charge is -2.44. The van der Waals surface area contributed by atoms with Gasteiger partial charge in [0.2, 0.25) is 11.8 Å². The van der Waals surface area contributed by atoms with Crippen LogP contribution in [0.15, 0.2) is 0 Å². The number of nitrogens with zero attached hydrogens (tertiary/aromatic N) is 1. The quantitative estimate of drug-likeness (QED) is 0.616. The Balaban J connectivity index is 1.97. The molecule has 0 atom stereocenters. The fourth-order valence-electron chi connectivity index (χ4n) is 3.11. The number of piperazine rings is 1. The van der Waals surface area contributed by atoms with Crippen LogP contribution in [0, 0.1) is 12.3 Å². The van der Waals surface area contributed by atoms with Crippen molar-refractivity contribution in [1.82, 2.24) is 10.2 Å². The first-order valence-corrected chi connectivity index (χ1v) is 7.22. The highest BCUT2D eigenvalue weighted by atomic mass is 16.2. The summed E-state index contributed by atoms with van der Waals surface area (Å²) in [5.41, 5.74) is -0.598. The molecule has 104 valence electrons. The Kier molecular flexibility index (Phi) is 4.47. The van der Waals surface area contributed by atoms with Gasteiger partial charge in [-0.2, -0.15) is 0 Å². The zero-order chi connectivity index (χ0) is 13.7. The van der Waals surface area contributed by atoms with E-state index in [0.717, 1.165) is 51.4 Å². The molecule has 2 fully saturated rings. The van der Waals surface area contributed by atoms with Crippen molar-refractivity contribution in [2.75, 3.05) is 13.1 Å². The molecule has 0 radical (unpaired) electrons.